The van der Waals surface area contributed by atoms with E-state index < -0.39 is 5.97 Å². The number of fused-ring (bicyclic) bond motifs is 1. The van der Waals surface area contributed by atoms with Crippen LogP contribution in [0.5, 0.6) is 0 Å². The van der Waals surface area contributed by atoms with Crippen LogP contribution in [0.25, 0.3) is 11.0 Å². The SMILES string of the molecule is Cc1nc2n[nH]c(N)c2c(C2CC2)c1C(=O)O. The number of aryl methyl sites for hydroxylation is 1. The van der Waals surface area contributed by atoms with Crippen LogP contribution in [0.4, 0.5) is 5.82 Å². The Kier molecular flexibility index (Phi) is 1.89. The van der Waals surface area contributed by atoms with Gasteiger partial charge in [0.05, 0.1) is 16.6 Å². The van der Waals surface area contributed by atoms with Crippen molar-refractivity contribution in [2.24, 2.45) is 0 Å². The molecule has 1 aliphatic carbocycles. The van der Waals surface area contributed by atoms with Crippen molar-refractivity contribution in [2.75, 3.05) is 5.73 Å². The molecule has 1 aliphatic rings. The molecule has 88 valence electrons. The number of aromatic carboxylic acids is 1. The maximum absolute atomic E-state index is 11.3. The lowest BCUT2D eigenvalue weighted by atomic mass is 9.99. The van der Waals surface area contributed by atoms with Crippen molar-refractivity contribution in [3.8, 4) is 0 Å². The van der Waals surface area contributed by atoms with Crippen LogP contribution in [-0.2, 0) is 0 Å². The van der Waals surface area contributed by atoms with Gasteiger partial charge < -0.3 is 10.8 Å². The number of aromatic nitrogens is 3. The summed E-state index contributed by atoms with van der Waals surface area (Å²) >= 11 is 0. The first kappa shape index (κ1) is 10.1. The summed E-state index contributed by atoms with van der Waals surface area (Å²) in [4.78, 5) is 15.5. The number of nitrogens with zero attached hydrogens (tertiary/aromatic N) is 2. The van der Waals surface area contributed by atoms with E-state index in [1.54, 1.807) is 6.92 Å². The highest BCUT2D eigenvalue weighted by atomic mass is 16.4. The number of nitrogen functional groups attached to an aromatic ring is 1. The standard InChI is InChI=1S/C11H12N4O2/c1-4-6(11(16)17)7(5-2-3-5)8-9(12)14-15-10(8)13-4/h5H,2-3H2,1H3,(H,16,17)(H3,12,13,14,15). The minimum atomic E-state index is -0.945. The second-order valence-electron chi connectivity index (χ2n) is 4.40. The van der Waals surface area contributed by atoms with Gasteiger partial charge in [-0.15, -0.1) is 0 Å². The lowest BCUT2D eigenvalue weighted by Crippen LogP contribution is -2.07. The molecule has 0 spiro atoms. The van der Waals surface area contributed by atoms with E-state index in [0.717, 1.165) is 18.4 Å². The van der Waals surface area contributed by atoms with Crippen molar-refractivity contribution in [1.29, 1.82) is 0 Å². The molecule has 0 bridgehead atoms. The van der Waals surface area contributed by atoms with E-state index in [1.807, 2.05) is 0 Å². The molecule has 2 aromatic rings. The number of pyridine rings is 1. The highest BCUT2D eigenvalue weighted by molar-refractivity contribution is 6.00. The van der Waals surface area contributed by atoms with Gasteiger partial charge in [-0.2, -0.15) is 5.10 Å². The number of carbonyl (C=O) groups is 1. The zero-order valence-electron chi connectivity index (χ0n) is 9.32. The number of nitrogens with two attached hydrogens (primary N) is 1. The average Bonchev–Trinajstić information content (AvgIpc) is 3.02. The molecule has 1 fully saturated rings. The minimum Gasteiger partial charge on any atom is -0.478 e. The predicted octanol–water partition coefficient (Wildman–Crippen LogP) is 1.42. The van der Waals surface area contributed by atoms with Crippen molar-refractivity contribution >= 4 is 22.8 Å². The molecule has 0 aromatic carbocycles. The molecular weight excluding hydrogens is 220 g/mol. The third-order valence-corrected chi connectivity index (χ3v) is 3.15. The van der Waals surface area contributed by atoms with Crippen LogP contribution in [0.3, 0.4) is 0 Å². The molecule has 0 unspecified atom stereocenters. The van der Waals surface area contributed by atoms with Crippen LogP contribution >= 0.6 is 0 Å². The van der Waals surface area contributed by atoms with Crippen LogP contribution in [0.2, 0.25) is 0 Å². The Bertz CT molecular complexity index is 628. The molecule has 3 rings (SSSR count). The van der Waals surface area contributed by atoms with E-state index in [2.05, 4.69) is 15.2 Å². The van der Waals surface area contributed by atoms with Gasteiger partial charge in [-0.1, -0.05) is 0 Å². The average molecular weight is 232 g/mol. The van der Waals surface area contributed by atoms with E-state index in [9.17, 15) is 9.90 Å². The first-order chi connectivity index (χ1) is 8.09. The van der Waals surface area contributed by atoms with Crippen LogP contribution in [0, 0.1) is 6.92 Å². The van der Waals surface area contributed by atoms with E-state index in [4.69, 9.17) is 5.73 Å². The second-order valence-corrected chi connectivity index (χ2v) is 4.40. The second kappa shape index (κ2) is 3.19. The molecule has 2 aromatic heterocycles. The van der Waals surface area contributed by atoms with E-state index in [-0.39, 0.29) is 11.5 Å². The summed E-state index contributed by atoms with van der Waals surface area (Å²) in [5.41, 5.74) is 7.90. The van der Waals surface area contributed by atoms with Crippen molar-refractivity contribution in [2.45, 2.75) is 25.7 Å². The quantitative estimate of drug-likeness (QED) is 0.726. The van der Waals surface area contributed by atoms with Gasteiger partial charge in [0.2, 0.25) is 0 Å². The van der Waals surface area contributed by atoms with Gasteiger partial charge in [-0.05, 0) is 31.2 Å². The number of anilines is 1. The van der Waals surface area contributed by atoms with Gasteiger partial charge in [0, 0.05) is 0 Å². The molecule has 0 aliphatic heterocycles. The topological polar surface area (TPSA) is 105 Å². The highest BCUT2D eigenvalue weighted by Gasteiger charge is 2.33. The molecule has 0 saturated heterocycles. The number of aromatic amines is 1. The normalized spacial score (nSPS) is 15.4. The molecule has 2 heterocycles. The zero-order valence-corrected chi connectivity index (χ0v) is 9.32. The smallest absolute Gasteiger partial charge is 0.337 e. The lowest BCUT2D eigenvalue weighted by molar-refractivity contribution is 0.0694. The Balaban J connectivity index is 2.44. The zero-order chi connectivity index (χ0) is 12.2. The van der Waals surface area contributed by atoms with Crippen LogP contribution in [0.1, 0.15) is 40.4 Å². The third kappa shape index (κ3) is 1.37. The van der Waals surface area contributed by atoms with Crippen molar-refractivity contribution in [1.82, 2.24) is 15.2 Å². The lowest BCUT2D eigenvalue weighted by Gasteiger charge is -2.09. The third-order valence-electron chi connectivity index (χ3n) is 3.15. The molecule has 4 N–H and O–H groups in total. The molecule has 6 heteroatoms. The first-order valence-corrected chi connectivity index (χ1v) is 5.47. The van der Waals surface area contributed by atoms with Crippen LogP contribution in [0.15, 0.2) is 0 Å². The molecule has 0 radical (unpaired) electrons. The number of H-pyrrole nitrogens is 1. The van der Waals surface area contributed by atoms with Gasteiger partial charge in [-0.3, -0.25) is 5.10 Å². The van der Waals surface area contributed by atoms with E-state index in [1.165, 1.54) is 0 Å². The monoisotopic (exact) mass is 232 g/mol. The van der Waals surface area contributed by atoms with Crippen molar-refractivity contribution in [3.63, 3.8) is 0 Å². The van der Waals surface area contributed by atoms with E-state index >= 15 is 0 Å². The van der Waals surface area contributed by atoms with Crippen molar-refractivity contribution in [3.05, 3.63) is 16.8 Å². The Hall–Kier alpha value is -2.11. The summed E-state index contributed by atoms with van der Waals surface area (Å²) in [6.45, 7) is 1.69. The predicted molar refractivity (Wildman–Crippen MR) is 62.0 cm³/mol. The number of hydrogen-bond acceptors (Lipinski definition) is 4. The highest BCUT2D eigenvalue weighted by Crippen LogP contribution is 2.46. The fourth-order valence-corrected chi connectivity index (χ4v) is 2.28. The number of hydrogen-bond donors (Lipinski definition) is 3. The number of carboxylic acid groups (broad SMARTS) is 1. The fourth-order valence-electron chi connectivity index (χ4n) is 2.28. The van der Waals surface area contributed by atoms with Crippen molar-refractivity contribution < 1.29 is 9.90 Å². The molecular formula is C11H12N4O2. The van der Waals surface area contributed by atoms with Gasteiger partial charge in [0.1, 0.15) is 5.82 Å². The largest absolute Gasteiger partial charge is 0.478 e. The Labute approximate surface area is 96.8 Å². The maximum atomic E-state index is 11.3. The fraction of sp³-hybridized carbons (Fsp3) is 0.364. The summed E-state index contributed by atoms with van der Waals surface area (Å²) in [7, 11) is 0. The summed E-state index contributed by atoms with van der Waals surface area (Å²) in [6.07, 6.45) is 2.01. The summed E-state index contributed by atoms with van der Waals surface area (Å²) < 4.78 is 0. The molecule has 17 heavy (non-hydrogen) atoms. The number of nitrogens with one attached hydrogen (secondary N) is 1. The Morgan fingerprint density at radius 2 is 2.24 bits per heavy atom. The molecule has 1 saturated carbocycles. The molecule has 6 nitrogen and oxygen atoms in total. The summed E-state index contributed by atoms with van der Waals surface area (Å²) in [6, 6.07) is 0. The number of carboxylic acids is 1. The molecule has 0 atom stereocenters. The van der Waals surface area contributed by atoms with E-state index in [0.29, 0.717) is 22.5 Å². The summed E-state index contributed by atoms with van der Waals surface area (Å²) in [5.74, 6) is -0.263. The first-order valence-electron chi connectivity index (χ1n) is 5.47. The van der Waals surface area contributed by atoms with Crippen LogP contribution < -0.4 is 5.73 Å². The molecule has 0 amide bonds. The minimum absolute atomic E-state index is 0.283. The Morgan fingerprint density at radius 1 is 1.53 bits per heavy atom. The number of rotatable bonds is 2. The van der Waals surface area contributed by atoms with Gasteiger partial charge in [0.25, 0.3) is 0 Å². The summed E-state index contributed by atoms with van der Waals surface area (Å²) in [5, 5.41) is 16.6. The van der Waals surface area contributed by atoms with Gasteiger partial charge in [0.15, 0.2) is 5.65 Å². The van der Waals surface area contributed by atoms with Gasteiger partial charge in [-0.25, -0.2) is 9.78 Å². The Morgan fingerprint density at radius 3 is 2.82 bits per heavy atom. The maximum Gasteiger partial charge on any atom is 0.337 e. The van der Waals surface area contributed by atoms with Crippen LogP contribution in [-0.4, -0.2) is 26.3 Å². The van der Waals surface area contributed by atoms with Gasteiger partial charge >= 0.3 is 5.97 Å².